The number of carbonyl (C=O) groups excluding carboxylic acids is 1. The molecule has 0 fully saturated rings. The van der Waals surface area contributed by atoms with Crippen LogP contribution < -0.4 is 11.1 Å². The van der Waals surface area contributed by atoms with Crippen molar-refractivity contribution in [1.82, 2.24) is 0 Å². The summed E-state index contributed by atoms with van der Waals surface area (Å²) in [5.74, 6) is -0.224. The molecule has 0 aromatic heterocycles. The minimum absolute atomic E-state index is 0.0291. The van der Waals surface area contributed by atoms with Crippen LogP contribution in [0.25, 0.3) is 0 Å². The van der Waals surface area contributed by atoms with Crippen LogP contribution in [0.4, 0.5) is 11.4 Å². The molecular formula is C14H21N3O3. The maximum Gasteiger partial charge on any atom is 0.272 e. The van der Waals surface area contributed by atoms with Gasteiger partial charge in [0.05, 0.1) is 10.3 Å². The first-order valence-corrected chi connectivity index (χ1v) is 6.32. The third kappa shape index (κ3) is 3.14. The number of nitro groups is 1. The van der Waals surface area contributed by atoms with Crippen molar-refractivity contribution >= 4 is 17.3 Å². The average Bonchev–Trinajstić information content (AvgIpc) is 2.26. The summed E-state index contributed by atoms with van der Waals surface area (Å²) < 4.78 is 0. The van der Waals surface area contributed by atoms with E-state index in [-0.39, 0.29) is 11.6 Å². The van der Waals surface area contributed by atoms with E-state index in [1.54, 1.807) is 40.7 Å². The topological polar surface area (TPSA) is 98.3 Å². The van der Waals surface area contributed by atoms with Crippen LogP contribution in [0.2, 0.25) is 0 Å². The van der Waals surface area contributed by atoms with Crippen LogP contribution in [0.3, 0.4) is 0 Å². The number of hydrogen-bond acceptors (Lipinski definition) is 4. The van der Waals surface area contributed by atoms with E-state index in [0.717, 1.165) is 0 Å². The van der Waals surface area contributed by atoms with Gasteiger partial charge in [0, 0.05) is 22.9 Å². The highest BCUT2D eigenvalue weighted by Gasteiger charge is 2.40. The Morgan fingerprint density at radius 1 is 1.30 bits per heavy atom. The molecule has 1 aromatic rings. The number of rotatable bonds is 4. The summed E-state index contributed by atoms with van der Waals surface area (Å²) in [4.78, 5) is 22.6. The summed E-state index contributed by atoms with van der Waals surface area (Å²) in [6.45, 7) is 8.73. The number of nitrogens with two attached hydrogens (primary N) is 1. The number of nitro benzene ring substituents is 1. The zero-order chi connectivity index (χ0) is 15.7. The Hall–Kier alpha value is -1.95. The van der Waals surface area contributed by atoms with Crippen molar-refractivity contribution in [1.29, 1.82) is 0 Å². The highest BCUT2D eigenvalue weighted by Crippen LogP contribution is 2.30. The Balaban J connectivity index is 2.98. The molecule has 0 saturated carbocycles. The second-order valence-corrected chi connectivity index (χ2v) is 6.06. The second kappa shape index (κ2) is 5.20. The minimum Gasteiger partial charge on any atom is -0.326 e. The van der Waals surface area contributed by atoms with Gasteiger partial charge in [-0.3, -0.25) is 14.9 Å². The van der Waals surface area contributed by atoms with Gasteiger partial charge in [0.1, 0.15) is 0 Å². The third-order valence-electron chi connectivity index (χ3n) is 3.83. The summed E-state index contributed by atoms with van der Waals surface area (Å²) in [5, 5.41) is 13.5. The van der Waals surface area contributed by atoms with Gasteiger partial charge < -0.3 is 11.1 Å². The molecular weight excluding hydrogens is 258 g/mol. The number of anilines is 1. The largest absolute Gasteiger partial charge is 0.326 e. The number of hydrogen-bond donors (Lipinski definition) is 2. The number of amides is 1. The molecule has 1 amide bonds. The first-order valence-electron chi connectivity index (χ1n) is 6.32. The monoisotopic (exact) mass is 279 g/mol. The number of benzene rings is 1. The van der Waals surface area contributed by atoms with Crippen molar-refractivity contribution in [2.24, 2.45) is 11.1 Å². The summed E-state index contributed by atoms with van der Waals surface area (Å²) in [5.41, 5.74) is 5.60. The first-order chi connectivity index (χ1) is 8.96. The van der Waals surface area contributed by atoms with E-state index >= 15 is 0 Å². The van der Waals surface area contributed by atoms with Crippen LogP contribution in [0.5, 0.6) is 0 Å². The molecule has 1 aromatic carbocycles. The SMILES string of the molecule is Cc1cc(NC(=O)C(C)(C)C(C)(C)N)ccc1[N+](=O)[O-]. The van der Waals surface area contributed by atoms with Crippen molar-refractivity contribution in [2.45, 2.75) is 40.2 Å². The van der Waals surface area contributed by atoms with E-state index in [1.165, 1.54) is 12.1 Å². The lowest BCUT2D eigenvalue weighted by molar-refractivity contribution is -0.385. The highest BCUT2D eigenvalue weighted by atomic mass is 16.6. The van der Waals surface area contributed by atoms with E-state index in [2.05, 4.69) is 5.32 Å². The first kappa shape index (κ1) is 16.1. The van der Waals surface area contributed by atoms with Crippen LogP contribution in [-0.4, -0.2) is 16.4 Å². The van der Waals surface area contributed by atoms with Gasteiger partial charge in [-0.15, -0.1) is 0 Å². The van der Waals surface area contributed by atoms with E-state index in [4.69, 9.17) is 5.73 Å². The average molecular weight is 279 g/mol. The van der Waals surface area contributed by atoms with Crippen LogP contribution in [0.15, 0.2) is 18.2 Å². The third-order valence-corrected chi connectivity index (χ3v) is 3.83. The van der Waals surface area contributed by atoms with Crippen molar-refractivity contribution in [3.63, 3.8) is 0 Å². The molecule has 6 heteroatoms. The Kier molecular flexibility index (Phi) is 4.19. The van der Waals surface area contributed by atoms with Gasteiger partial charge in [-0.25, -0.2) is 0 Å². The number of carbonyl (C=O) groups is 1. The van der Waals surface area contributed by atoms with Crippen LogP contribution in [0, 0.1) is 22.5 Å². The van der Waals surface area contributed by atoms with Crippen LogP contribution in [-0.2, 0) is 4.79 Å². The predicted octanol–water partition coefficient (Wildman–Crippen LogP) is 2.61. The molecule has 0 bridgehead atoms. The van der Waals surface area contributed by atoms with Crippen molar-refractivity contribution < 1.29 is 9.72 Å². The second-order valence-electron chi connectivity index (χ2n) is 6.06. The molecule has 0 aliphatic rings. The molecule has 0 aliphatic carbocycles. The molecule has 20 heavy (non-hydrogen) atoms. The van der Waals surface area contributed by atoms with E-state index < -0.39 is 15.9 Å². The normalized spacial score (nSPS) is 12.1. The van der Waals surface area contributed by atoms with Gasteiger partial charge >= 0.3 is 0 Å². The highest BCUT2D eigenvalue weighted by molar-refractivity contribution is 5.96. The summed E-state index contributed by atoms with van der Waals surface area (Å²) in [6, 6.07) is 4.48. The lowest BCUT2D eigenvalue weighted by atomic mass is 9.74. The van der Waals surface area contributed by atoms with Crippen LogP contribution in [0.1, 0.15) is 33.3 Å². The molecule has 0 radical (unpaired) electrons. The lowest BCUT2D eigenvalue weighted by Gasteiger charge is -2.36. The molecule has 1 rings (SSSR count). The Morgan fingerprint density at radius 3 is 2.25 bits per heavy atom. The fraction of sp³-hybridized carbons (Fsp3) is 0.500. The fourth-order valence-corrected chi connectivity index (χ4v) is 1.52. The van der Waals surface area contributed by atoms with Crippen molar-refractivity contribution in [2.75, 3.05) is 5.32 Å². The molecule has 0 aliphatic heterocycles. The molecule has 6 nitrogen and oxygen atoms in total. The summed E-state index contributed by atoms with van der Waals surface area (Å²) >= 11 is 0. The van der Waals surface area contributed by atoms with Gasteiger partial charge in [0.2, 0.25) is 5.91 Å². The maximum atomic E-state index is 12.3. The predicted molar refractivity (Wildman–Crippen MR) is 78.5 cm³/mol. The molecule has 0 unspecified atom stereocenters. The maximum absolute atomic E-state index is 12.3. The van der Waals surface area contributed by atoms with Gasteiger partial charge in [-0.1, -0.05) is 0 Å². The summed E-state index contributed by atoms with van der Waals surface area (Å²) in [7, 11) is 0. The van der Waals surface area contributed by atoms with Crippen molar-refractivity contribution in [3.8, 4) is 0 Å². The summed E-state index contributed by atoms with van der Waals surface area (Å²) in [6.07, 6.45) is 0. The quantitative estimate of drug-likeness (QED) is 0.653. The standard InChI is InChI=1S/C14H21N3O3/c1-9-8-10(6-7-11(9)17(19)20)16-12(18)13(2,3)14(4,5)15/h6-8H,15H2,1-5H3,(H,16,18). The number of nitrogens with zero attached hydrogens (tertiary/aromatic N) is 1. The minimum atomic E-state index is -0.775. The molecule has 110 valence electrons. The molecule has 0 saturated heterocycles. The van der Waals surface area contributed by atoms with Crippen molar-refractivity contribution in [3.05, 3.63) is 33.9 Å². The fourth-order valence-electron chi connectivity index (χ4n) is 1.52. The van der Waals surface area contributed by atoms with Crippen LogP contribution >= 0.6 is 0 Å². The van der Waals surface area contributed by atoms with E-state index in [9.17, 15) is 14.9 Å². The smallest absolute Gasteiger partial charge is 0.272 e. The van der Waals surface area contributed by atoms with E-state index in [0.29, 0.717) is 11.3 Å². The zero-order valence-electron chi connectivity index (χ0n) is 12.5. The van der Waals surface area contributed by atoms with Gasteiger partial charge in [0.25, 0.3) is 5.69 Å². The number of nitrogens with one attached hydrogen (secondary N) is 1. The van der Waals surface area contributed by atoms with Gasteiger partial charge in [-0.2, -0.15) is 0 Å². The van der Waals surface area contributed by atoms with E-state index in [1.807, 2.05) is 0 Å². The Labute approximate surface area is 118 Å². The molecule has 0 heterocycles. The van der Waals surface area contributed by atoms with Gasteiger partial charge in [0.15, 0.2) is 0 Å². The Morgan fingerprint density at radius 2 is 1.85 bits per heavy atom. The number of aryl methyl sites for hydroxylation is 1. The molecule has 3 N–H and O–H groups in total. The zero-order valence-corrected chi connectivity index (χ0v) is 12.5. The van der Waals surface area contributed by atoms with Gasteiger partial charge in [-0.05, 0) is 46.8 Å². The molecule has 0 atom stereocenters. The lowest BCUT2D eigenvalue weighted by Crippen LogP contribution is -2.53. The molecule has 0 spiro atoms. The Bertz CT molecular complexity index is 545.